The summed E-state index contributed by atoms with van der Waals surface area (Å²) in [6.45, 7) is 5.34. The highest BCUT2D eigenvalue weighted by Gasteiger charge is 2.25. The molecule has 0 spiro atoms. The number of thiophene rings is 1. The molecule has 1 aromatic heterocycles. The Morgan fingerprint density at radius 3 is 2.87 bits per heavy atom. The van der Waals surface area contributed by atoms with E-state index >= 15 is 0 Å². The predicted molar refractivity (Wildman–Crippen MR) is 124 cm³/mol. The van der Waals surface area contributed by atoms with Gasteiger partial charge in [-0.2, -0.15) is 0 Å². The molecule has 0 N–H and O–H groups in total. The van der Waals surface area contributed by atoms with Gasteiger partial charge in [0.25, 0.3) is 0 Å². The van der Waals surface area contributed by atoms with Crippen LogP contribution in [0.25, 0.3) is 10.1 Å². The third kappa shape index (κ3) is 5.09. The number of aryl methyl sites for hydroxylation is 1. The number of Topliss-reactive ketones (excluding diaryl/α,β-unsaturated/α-hetero) is 1. The van der Waals surface area contributed by atoms with Crippen LogP contribution in [-0.4, -0.2) is 49.0 Å². The fraction of sp³-hybridized carbons (Fsp3) is 0.333. The maximum Gasteiger partial charge on any atom is 0.227 e. The number of hydrogen-bond donors (Lipinski definition) is 0. The molecule has 2 heterocycles. The molecule has 0 radical (unpaired) electrons. The highest BCUT2D eigenvalue weighted by Crippen LogP contribution is 2.29. The summed E-state index contributed by atoms with van der Waals surface area (Å²) in [7, 11) is 0. The Bertz CT molecular complexity index is 1130. The molecule has 0 bridgehead atoms. The van der Waals surface area contributed by atoms with Gasteiger partial charge >= 0.3 is 0 Å². The summed E-state index contributed by atoms with van der Waals surface area (Å²) in [5, 5.41) is 3.76. The molecule has 1 aliphatic heterocycles. The van der Waals surface area contributed by atoms with E-state index < -0.39 is 0 Å². The number of carbonyl (C=O) groups is 2. The minimum Gasteiger partial charge on any atom is -0.491 e. The third-order valence-corrected chi connectivity index (χ3v) is 6.71. The highest BCUT2D eigenvalue weighted by atomic mass is 35.5. The molecular weight excluding hydrogens is 434 g/mol. The van der Waals surface area contributed by atoms with Gasteiger partial charge in [0.05, 0.1) is 19.6 Å². The first-order valence-corrected chi connectivity index (χ1v) is 11.5. The van der Waals surface area contributed by atoms with Gasteiger partial charge in [0, 0.05) is 21.8 Å². The van der Waals surface area contributed by atoms with Crippen molar-refractivity contribution in [2.45, 2.75) is 26.4 Å². The lowest BCUT2D eigenvalue weighted by Crippen LogP contribution is -2.48. The number of ketones is 1. The van der Waals surface area contributed by atoms with Crippen molar-refractivity contribution in [3.05, 3.63) is 63.5 Å². The molecule has 4 rings (SSSR count). The van der Waals surface area contributed by atoms with Gasteiger partial charge in [0.15, 0.2) is 5.78 Å². The normalized spacial score (nSPS) is 16.5. The molecule has 1 aliphatic rings. The van der Waals surface area contributed by atoms with Gasteiger partial charge in [0.1, 0.15) is 18.5 Å². The smallest absolute Gasteiger partial charge is 0.227 e. The minimum atomic E-state index is -0.195. The van der Waals surface area contributed by atoms with Gasteiger partial charge in [0.2, 0.25) is 5.91 Å². The number of rotatable bonds is 6. The molecule has 7 heteroatoms. The third-order valence-electron chi connectivity index (χ3n) is 5.46. The van der Waals surface area contributed by atoms with Crippen molar-refractivity contribution in [3.63, 3.8) is 0 Å². The Morgan fingerprint density at radius 1 is 1.26 bits per heavy atom. The average Bonchev–Trinajstić information content (AvgIpc) is 3.14. The predicted octanol–water partition coefficient (Wildman–Crippen LogP) is 4.91. The molecule has 2 aromatic carbocycles. The lowest BCUT2D eigenvalue weighted by molar-refractivity contribution is -0.139. The van der Waals surface area contributed by atoms with E-state index in [1.165, 1.54) is 0 Å². The summed E-state index contributed by atoms with van der Waals surface area (Å²) in [4.78, 5) is 26.4. The van der Waals surface area contributed by atoms with Crippen LogP contribution < -0.4 is 4.74 Å². The van der Waals surface area contributed by atoms with Gasteiger partial charge in [-0.3, -0.25) is 9.59 Å². The van der Waals surface area contributed by atoms with Gasteiger partial charge in [-0.05, 0) is 72.1 Å². The molecule has 31 heavy (non-hydrogen) atoms. The van der Waals surface area contributed by atoms with Crippen LogP contribution in [0, 0.1) is 6.92 Å². The first-order chi connectivity index (χ1) is 14.9. The van der Waals surface area contributed by atoms with E-state index in [1.807, 2.05) is 41.5 Å². The number of amides is 1. The number of halogens is 1. The van der Waals surface area contributed by atoms with E-state index in [1.54, 1.807) is 30.4 Å². The Hall–Kier alpha value is -2.41. The summed E-state index contributed by atoms with van der Waals surface area (Å²) >= 11 is 7.76. The van der Waals surface area contributed by atoms with E-state index in [2.05, 4.69) is 0 Å². The van der Waals surface area contributed by atoms with Crippen molar-refractivity contribution in [2.24, 2.45) is 0 Å². The van der Waals surface area contributed by atoms with Gasteiger partial charge < -0.3 is 14.4 Å². The number of hydrogen-bond acceptors (Lipinski definition) is 5. The zero-order valence-electron chi connectivity index (χ0n) is 17.5. The van der Waals surface area contributed by atoms with Crippen LogP contribution in [-0.2, 0) is 16.0 Å². The Labute approximate surface area is 190 Å². The van der Waals surface area contributed by atoms with Crippen molar-refractivity contribution in [1.82, 2.24) is 4.90 Å². The van der Waals surface area contributed by atoms with Gasteiger partial charge in [-0.1, -0.05) is 11.6 Å². The first-order valence-electron chi connectivity index (χ1n) is 10.2. The van der Waals surface area contributed by atoms with E-state index in [0.29, 0.717) is 49.1 Å². The maximum atomic E-state index is 12.9. The number of carbonyl (C=O) groups excluding carboxylic acids is 2. The number of ether oxygens (including phenoxy) is 2. The summed E-state index contributed by atoms with van der Waals surface area (Å²) in [5.74, 6) is 0.806. The number of fused-ring (bicyclic) bond motifs is 1. The van der Waals surface area contributed by atoms with Gasteiger partial charge in [-0.25, -0.2) is 0 Å². The molecule has 1 saturated heterocycles. The second kappa shape index (κ2) is 9.39. The molecular formula is C24H24ClNO4S. The van der Waals surface area contributed by atoms with E-state index in [0.717, 1.165) is 21.2 Å². The van der Waals surface area contributed by atoms with Gasteiger partial charge in [-0.15, -0.1) is 11.3 Å². The highest BCUT2D eigenvalue weighted by molar-refractivity contribution is 7.17. The second-order valence-corrected chi connectivity index (χ2v) is 9.10. The van der Waals surface area contributed by atoms with Crippen molar-refractivity contribution in [2.75, 3.05) is 26.3 Å². The lowest BCUT2D eigenvalue weighted by atomic mass is 10.1. The number of nitrogens with zero attached hydrogens (tertiary/aromatic N) is 1. The monoisotopic (exact) mass is 457 g/mol. The fourth-order valence-electron chi connectivity index (χ4n) is 3.82. The molecule has 0 saturated carbocycles. The van der Waals surface area contributed by atoms with Crippen LogP contribution in [0.15, 0.2) is 41.8 Å². The minimum absolute atomic E-state index is 0.0366. The topological polar surface area (TPSA) is 55.8 Å². The molecule has 1 fully saturated rings. The van der Waals surface area contributed by atoms with Crippen molar-refractivity contribution in [3.8, 4) is 5.75 Å². The molecule has 1 amide bonds. The SMILES string of the molecule is CC(=O)c1ccc(OCC2CN(C(=O)Cc3csc4ccc(Cl)cc34)CCO2)cc1C. The van der Waals surface area contributed by atoms with E-state index in [-0.39, 0.29) is 17.8 Å². The zero-order valence-corrected chi connectivity index (χ0v) is 19.1. The van der Waals surface area contributed by atoms with Crippen LogP contribution in [0.2, 0.25) is 5.02 Å². The maximum absolute atomic E-state index is 12.9. The van der Waals surface area contributed by atoms with Crippen LogP contribution in [0.1, 0.15) is 28.4 Å². The molecule has 0 aliphatic carbocycles. The van der Waals surface area contributed by atoms with Crippen LogP contribution >= 0.6 is 22.9 Å². The standard InChI is InChI=1S/C24H24ClNO4S/c1-15-9-19(4-5-21(15)16(2)27)30-13-20-12-26(7-8-29-20)24(28)10-17-14-31-23-6-3-18(25)11-22(17)23/h3-6,9,11,14,20H,7-8,10,12-13H2,1-2H3. The summed E-state index contributed by atoms with van der Waals surface area (Å²) in [6.07, 6.45) is 0.152. The van der Waals surface area contributed by atoms with Crippen LogP contribution in [0.3, 0.4) is 0 Å². The Balaban J connectivity index is 1.35. The number of morpholine rings is 1. The summed E-state index contributed by atoms with van der Waals surface area (Å²) in [6, 6.07) is 11.2. The quantitative estimate of drug-likeness (QED) is 0.493. The van der Waals surface area contributed by atoms with Crippen molar-refractivity contribution < 1.29 is 19.1 Å². The summed E-state index contributed by atoms with van der Waals surface area (Å²) < 4.78 is 12.8. The van der Waals surface area contributed by atoms with Crippen molar-refractivity contribution >= 4 is 44.7 Å². The molecule has 162 valence electrons. The molecule has 1 unspecified atom stereocenters. The Morgan fingerprint density at radius 2 is 2.10 bits per heavy atom. The van der Waals surface area contributed by atoms with E-state index in [4.69, 9.17) is 21.1 Å². The Kier molecular flexibility index (Phi) is 6.60. The number of benzene rings is 2. The molecule has 3 aromatic rings. The zero-order chi connectivity index (χ0) is 22.0. The van der Waals surface area contributed by atoms with Crippen LogP contribution in [0.4, 0.5) is 0 Å². The average molecular weight is 458 g/mol. The fourth-order valence-corrected chi connectivity index (χ4v) is 4.94. The molecule has 5 nitrogen and oxygen atoms in total. The van der Waals surface area contributed by atoms with E-state index in [9.17, 15) is 9.59 Å². The van der Waals surface area contributed by atoms with Crippen molar-refractivity contribution in [1.29, 1.82) is 0 Å². The summed E-state index contributed by atoms with van der Waals surface area (Å²) in [5.41, 5.74) is 2.59. The van der Waals surface area contributed by atoms with Crippen LogP contribution in [0.5, 0.6) is 5.75 Å². The second-order valence-electron chi connectivity index (χ2n) is 7.75. The largest absolute Gasteiger partial charge is 0.491 e. The molecule has 1 atom stereocenters. The first kappa shape index (κ1) is 21.8. The lowest BCUT2D eigenvalue weighted by Gasteiger charge is -2.33.